The number of aryl methyl sites for hydroxylation is 1. The van der Waals surface area contributed by atoms with Gasteiger partial charge in [-0.1, -0.05) is 53.5 Å². The minimum atomic E-state index is -0.614. The molecule has 3 aromatic carbocycles. The van der Waals surface area contributed by atoms with E-state index in [-0.39, 0.29) is 11.1 Å². The number of carbonyl (C=O) groups excluding carboxylic acids is 3. The maximum Gasteiger partial charge on any atom is 0.262 e. The lowest BCUT2D eigenvalue weighted by atomic mass is 9.91. The summed E-state index contributed by atoms with van der Waals surface area (Å²) >= 11 is 12.4. The highest BCUT2D eigenvalue weighted by Gasteiger charge is 2.36. The normalized spacial score (nSPS) is 13.5. The van der Waals surface area contributed by atoms with Crippen molar-refractivity contribution in [1.29, 1.82) is 5.26 Å². The molecule has 33 heavy (non-hydrogen) atoms. The van der Waals surface area contributed by atoms with Crippen LogP contribution in [0.1, 0.15) is 43.3 Å². The zero-order valence-corrected chi connectivity index (χ0v) is 18.9. The molecule has 0 aliphatic carbocycles. The van der Waals surface area contributed by atoms with Gasteiger partial charge in [0.05, 0.1) is 23.1 Å². The smallest absolute Gasteiger partial charge is 0.262 e. The summed E-state index contributed by atoms with van der Waals surface area (Å²) in [6.07, 6.45) is 0. The van der Waals surface area contributed by atoms with Crippen molar-refractivity contribution in [2.75, 3.05) is 11.9 Å². The number of rotatable bonds is 5. The van der Waals surface area contributed by atoms with Gasteiger partial charge in [-0.15, -0.1) is 0 Å². The first kappa shape index (κ1) is 22.5. The highest BCUT2D eigenvalue weighted by atomic mass is 35.5. The summed E-state index contributed by atoms with van der Waals surface area (Å²) in [5, 5.41) is 13.3. The number of anilines is 1. The molecule has 0 unspecified atom stereocenters. The lowest BCUT2D eigenvalue weighted by Crippen LogP contribution is -2.37. The largest absolute Gasteiger partial charge is 0.324 e. The third-order valence-corrected chi connectivity index (χ3v) is 6.02. The van der Waals surface area contributed by atoms with Crippen LogP contribution in [0.4, 0.5) is 5.69 Å². The number of nitrogens with zero attached hydrogens (tertiary/aromatic N) is 2. The maximum absolute atomic E-state index is 12.6. The highest BCUT2D eigenvalue weighted by Crippen LogP contribution is 2.34. The molecule has 0 fully saturated rings. The molecular formula is C25H17Cl2N3O3. The Hall–Kier alpha value is -3.66. The first-order valence-corrected chi connectivity index (χ1v) is 10.8. The van der Waals surface area contributed by atoms with Crippen LogP contribution in [0.15, 0.2) is 60.7 Å². The van der Waals surface area contributed by atoms with Gasteiger partial charge in [-0.05, 0) is 53.9 Å². The molecule has 1 atom stereocenters. The number of imide groups is 1. The minimum Gasteiger partial charge on any atom is -0.324 e. The van der Waals surface area contributed by atoms with Gasteiger partial charge < -0.3 is 5.32 Å². The monoisotopic (exact) mass is 477 g/mol. The van der Waals surface area contributed by atoms with Gasteiger partial charge in [-0.25, -0.2) is 0 Å². The molecule has 0 radical (unpaired) electrons. The van der Waals surface area contributed by atoms with Crippen LogP contribution >= 0.6 is 23.2 Å². The molecular weight excluding hydrogens is 461 g/mol. The number of halogens is 2. The van der Waals surface area contributed by atoms with Gasteiger partial charge >= 0.3 is 0 Å². The summed E-state index contributed by atoms with van der Waals surface area (Å²) in [4.78, 5) is 38.5. The third kappa shape index (κ3) is 4.34. The highest BCUT2D eigenvalue weighted by molar-refractivity contribution is 6.32. The fourth-order valence-corrected chi connectivity index (χ4v) is 4.15. The average Bonchev–Trinajstić information content (AvgIpc) is 3.03. The molecule has 1 N–H and O–H groups in total. The van der Waals surface area contributed by atoms with Gasteiger partial charge in [0, 0.05) is 15.7 Å². The molecule has 0 aromatic heterocycles. The van der Waals surface area contributed by atoms with Crippen LogP contribution in [0.5, 0.6) is 0 Å². The zero-order chi connectivity index (χ0) is 23.7. The van der Waals surface area contributed by atoms with Crippen LogP contribution in [0, 0.1) is 18.3 Å². The fraction of sp³-hybridized carbons (Fsp3) is 0.120. The molecule has 4 rings (SSSR count). The molecule has 164 valence electrons. The van der Waals surface area contributed by atoms with E-state index < -0.39 is 30.2 Å². The van der Waals surface area contributed by atoms with Crippen molar-refractivity contribution in [3.8, 4) is 6.07 Å². The third-order valence-electron chi connectivity index (χ3n) is 5.44. The summed E-state index contributed by atoms with van der Waals surface area (Å²) in [7, 11) is 0. The van der Waals surface area contributed by atoms with Crippen LogP contribution in [-0.4, -0.2) is 29.2 Å². The number of nitriles is 1. The van der Waals surface area contributed by atoms with Gasteiger partial charge in [-0.3, -0.25) is 19.3 Å². The Morgan fingerprint density at radius 3 is 2.21 bits per heavy atom. The predicted molar refractivity (Wildman–Crippen MR) is 126 cm³/mol. The quantitative estimate of drug-likeness (QED) is 0.511. The number of carbonyl (C=O) groups is 3. The van der Waals surface area contributed by atoms with Crippen LogP contribution in [0.2, 0.25) is 10.0 Å². The molecule has 3 amide bonds. The van der Waals surface area contributed by atoms with Crippen molar-refractivity contribution in [3.05, 3.63) is 98.5 Å². The number of nitrogens with one attached hydrogen (secondary N) is 1. The minimum absolute atomic E-state index is 0.281. The standard InChI is InChI=1S/C25H17Cl2N3O3/c1-14-10-19(20(12-28)15-6-8-16(26)9-7-15)21(27)11-22(14)29-23(31)13-30-24(32)17-4-2-3-5-18(17)25(30)33/h2-11,20H,13H2,1H3,(H,29,31)/t20-/m1/s1. The van der Waals surface area contributed by atoms with Crippen LogP contribution in [0.3, 0.4) is 0 Å². The number of hydrogen-bond acceptors (Lipinski definition) is 4. The Bertz CT molecular complexity index is 1290. The van der Waals surface area contributed by atoms with E-state index in [9.17, 15) is 19.6 Å². The van der Waals surface area contributed by atoms with E-state index in [0.717, 1.165) is 10.5 Å². The Balaban J connectivity index is 1.53. The van der Waals surface area contributed by atoms with Gasteiger partial charge in [-0.2, -0.15) is 5.26 Å². The summed E-state index contributed by atoms with van der Waals surface area (Å²) in [5.74, 6) is -2.16. The second kappa shape index (κ2) is 9.07. The lowest BCUT2D eigenvalue weighted by Gasteiger charge is -2.17. The van der Waals surface area contributed by atoms with Crippen LogP contribution < -0.4 is 5.32 Å². The molecule has 0 saturated carbocycles. The van der Waals surface area contributed by atoms with Gasteiger partial charge in [0.1, 0.15) is 6.54 Å². The van der Waals surface area contributed by atoms with E-state index >= 15 is 0 Å². The molecule has 0 spiro atoms. The van der Waals surface area contributed by atoms with Crippen molar-refractivity contribution < 1.29 is 14.4 Å². The molecule has 0 bridgehead atoms. The Morgan fingerprint density at radius 1 is 1.03 bits per heavy atom. The molecule has 3 aromatic rings. The topological polar surface area (TPSA) is 90.3 Å². The van der Waals surface area contributed by atoms with E-state index in [1.807, 2.05) is 0 Å². The second-order valence-corrected chi connectivity index (χ2v) is 8.44. The molecule has 1 heterocycles. The zero-order valence-electron chi connectivity index (χ0n) is 17.4. The summed E-state index contributed by atoms with van der Waals surface area (Å²) in [6, 6.07) is 18.9. The van der Waals surface area contributed by atoms with Crippen molar-refractivity contribution in [3.63, 3.8) is 0 Å². The van der Waals surface area contributed by atoms with E-state index in [2.05, 4.69) is 11.4 Å². The summed E-state index contributed by atoms with van der Waals surface area (Å²) in [6.45, 7) is 1.35. The number of benzene rings is 3. The number of hydrogen-bond donors (Lipinski definition) is 1. The second-order valence-electron chi connectivity index (χ2n) is 7.59. The van der Waals surface area contributed by atoms with Crippen LogP contribution in [0.25, 0.3) is 0 Å². The van der Waals surface area contributed by atoms with Gasteiger partial charge in [0.25, 0.3) is 11.8 Å². The SMILES string of the molecule is Cc1cc([C@H](C#N)c2ccc(Cl)cc2)c(Cl)cc1NC(=O)CN1C(=O)c2ccccc2C1=O. The molecule has 1 aliphatic heterocycles. The Kier molecular flexibility index (Phi) is 6.19. The first-order chi connectivity index (χ1) is 15.8. The average molecular weight is 478 g/mol. The lowest BCUT2D eigenvalue weighted by molar-refractivity contribution is -0.116. The van der Waals surface area contributed by atoms with Crippen molar-refractivity contribution in [2.45, 2.75) is 12.8 Å². The van der Waals surface area contributed by atoms with E-state index in [1.54, 1.807) is 67.6 Å². The van der Waals surface area contributed by atoms with E-state index in [0.29, 0.717) is 26.9 Å². The first-order valence-electron chi connectivity index (χ1n) is 10.0. The molecule has 6 nitrogen and oxygen atoms in total. The maximum atomic E-state index is 12.6. The van der Waals surface area contributed by atoms with E-state index in [4.69, 9.17) is 23.2 Å². The molecule has 8 heteroatoms. The number of amides is 3. The van der Waals surface area contributed by atoms with Gasteiger partial charge in [0.15, 0.2) is 0 Å². The summed E-state index contributed by atoms with van der Waals surface area (Å²) < 4.78 is 0. The molecule has 0 saturated heterocycles. The molecule has 1 aliphatic rings. The van der Waals surface area contributed by atoms with Gasteiger partial charge in [0.2, 0.25) is 5.91 Å². The fourth-order valence-electron chi connectivity index (χ4n) is 3.75. The van der Waals surface area contributed by atoms with Crippen molar-refractivity contribution in [2.24, 2.45) is 0 Å². The van der Waals surface area contributed by atoms with Crippen molar-refractivity contribution >= 4 is 46.6 Å². The van der Waals surface area contributed by atoms with Crippen LogP contribution in [-0.2, 0) is 4.79 Å². The Morgan fingerprint density at radius 2 is 1.64 bits per heavy atom. The van der Waals surface area contributed by atoms with E-state index in [1.165, 1.54) is 0 Å². The number of fused-ring (bicyclic) bond motifs is 1. The summed E-state index contributed by atoms with van der Waals surface area (Å²) in [5.41, 5.74) is 3.01. The van der Waals surface area contributed by atoms with Crippen molar-refractivity contribution in [1.82, 2.24) is 4.90 Å². The predicted octanol–water partition coefficient (Wildman–Crippen LogP) is 5.19. The Labute approximate surface area is 200 Å².